The third-order valence-electron chi connectivity index (χ3n) is 5.47. The molecule has 0 saturated heterocycles. The molecule has 2 amide bonds. The lowest BCUT2D eigenvalue weighted by Gasteiger charge is -2.33. The van der Waals surface area contributed by atoms with Crippen molar-refractivity contribution in [1.82, 2.24) is 10.6 Å². The zero-order valence-corrected chi connectivity index (χ0v) is 14.7. The summed E-state index contributed by atoms with van der Waals surface area (Å²) in [6, 6.07) is 8.16. The summed E-state index contributed by atoms with van der Waals surface area (Å²) in [5, 5.41) is 16.2. The number of amides is 2. The monoisotopic (exact) mass is 344 g/mol. The highest BCUT2D eigenvalue weighted by atomic mass is 16.3. The molecule has 1 unspecified atom stereocenters. The first kappa shape index (κ1) is 17.9. The standard InChI is InChI=1S/C20H28N2O3/c23-18(19(24)22-17-9-3-1-2-4-10-17)21-14-20(25)12-11-15-7-5-6-8-16(15)13-20/h5-8,17,25H,1-4,9-14H2,(H,21,23)(H,22,24). The number of rotatable bonds is 3. The van der Waals surface area contributed by atoms with Crippen LogP contribution in [-0.2, 0) is 22.4 Å². The van der Waals surface area contributed by atoms with E-state index in [-0.39, 0.29) is 12.6 Å². The van der Waals surface area contributed by atoms with Gasteiger partial charge in [0.15, 0.2) is 0 Å². The molecule has 5 heteroatoms. The number of carbonyl (C=O) groups excluding carboxylic acids is 2. The van der Waals surface area contributed by atoms with Gasteiger partial charge in [0.2, 0.25) is 0 Å². The number of hydrogen-bond donors (Lipinski definition) is 3. The lowest BCUT2D eigenvalue weighted by atomic mass is 9.80. The van der Waals surface area contributed by atoms with E-state index >= 15 is 0 Å². The highest BCUT2D eigenvalue weighted by molar-refractivity contribution is 6.35. The molecule has 1 aromatic carbocycles. The third kappa shape index (κ3) is 4.82. The van der Waals surface area contributed by atoms with E-state index in [4.69, 9.17) is 0 Å². The molecule has 25 heavy (non-hydrogen) atoms. The summed E-state index contributed by atoms with van der Waals surface area (Å²) in [4.78, 5) is 24.2. The molecule has 1 saturated carbocycles. The third-order valence-corrected chi connectivity index (χ3v) is 5.47. The van der Waals surface area contributed by atoms with E-state index < -0.39 is 17.4 Å². The molecule has 1 atom stereocenters. The summed E-state index contributed by atoms with van der Waals surface area (Å²) in [5.41, 5.74) is 1.39. The first-order valence-corrected chi connectivity index (χ1v) is 9.44. The largest absolute Gasteiger partial charge is 0.388 e. The minimum Gasteiger partial charge on any atom is -0.388 e. The van der Waals surface area contributed by atoms with Crippen LogP contribution in [0.4, 0.5) is 0 Å². The summed E-state index contributed by atoms with van der Waals surface area (Å²) in [7, 11) is 0. The minimum atomic E-state index is -0.980. The normalized spacial score (nSPS) is 24.0. The summed E-state index contributed by atoms with van der Waals surface area (Å²) in [6.07, 6.45) is 8.39. The van der Waals surface area contributed by atoms with Crippen LogP contribution < -0.4 is 10.6 Å². The molecule has 5 nitrogen and oxygen atoms in total. The average Bonchev–Trinajstić information content (AvgIpc) is 2.88. The van der Waals surface area contributed by atoms with Crippen LogP contribution in [0.1, 0.15) is 56.1 Å². The van der Waals surface area contributed by atoms with Crippen LogP contribution in [-0.4, -0.2) is 35.1 Å². The van der Waals surface area contributed by atoms with E-state index in [0.717, 1.165) is 37.7 Å². The zero-order valence-electron chi connectivity index (χ0n) is 14.7. The number of fused-ring (bicyclic) bond motifs is 1. The molecule has 0 radical (unpaired) electrons. The molecule has 0 aromatic heterocycles. The minimum absolute atomic E-state index is 0.102. The fourth-order valence-corrected chi connectivity index (χ4v) is 3.93. The Hall–Kier alpha value is -1.88. The van der Waals surface area contributed by atoms with Crippen LogP contribution in [0.25, 0.3) is 0 Å². The van der Waals surface area contributed by atoms with Crippen LogP contribution in [0.5, 0.6) is 0 Å². The fourth-order valence-electron chi connectivity index (χ4n) is 3.93. The second kappa shape index (κ2) is 8.00. The maximum atomic E-state index is 12.1. The van der Waals surface area contributed by atoms with E-state index in [1.165, 1.54) is 18.4 Å². The maximum Gasteiger partial charge on any atom is 0.309 e. The lowest BCUT2D eigenvalue weighted by Crippen LogP contribution is -2.51. The van der Waals surface area contributed by atoms with E-state index in [0.29, 0.717) is 12.8 Å². The van der Waals surface area contributed by atoms with Crippen molar-refractivity contribution in [2.24, 2.45) is 0 Å². The van der Waals surface area contributed by atoms with Gasteiger partial charge in [0.25, 0.3) is 0 Å². The van der Waals surface area contributed by atoms with Gasteiger partial charge in [0, 0.05) is 19.0 Å². The summed E-state index contributed by atoms with van der Waals surface area (Å²) in [6.45, 7) is 0.109. The SMILES string of the molecule is O=C(NCC1(O)CCc2ccccc2C1)C(=O)NC1CCCCCC1. The highest BCUT2D eigenvalue weighted by Crippen LogP contribution is 2.28. The Morgan fingerprint density at radius 3 is 2.44 bits per heavy atom. The smallest absolute Gasteiger partial charge is 0.309 e. The van der Waals surface area contributed by atoms with Gasteiger partial charge >= 0.3 is 11.8 Å². The van der Waals surface area contributed by atoms with Gasteiger partial charge in [-0.1, -0.05) is 49.9 Å². The Kier molecular flexibility index (Phi) is 5.74. The molecule has 0 aliphatic heterocycles. The van der Waals surface area contributed by atoms with Crippen LogP contribution in [0.15, 0.2) is 24.3 Å². The first-order chi connectivity index (χ1) is 12.1. The van der Waals surface area contributed by atoms with Crippen molar-refractivity contribution in [3.63, 3.8) is 0 Å². The second-order valence-corrected chi connectivity index (χ2v) is 7.51. The van der Waals surface area contributed by atoms with Crippen molar-refractivity contribution >= 4 is 11.8 Å². The summed E-state index contributed by atoms with van der Waals surface area (Å²) < 4.78 is 0. The van der Waals surface area contributed by atoms with E-state index in [1.807, 2.05) is 18.2 Å². The molecule has 1 aromatic rings. The quantitative estimate of drug-likeness (QED) is 0.578. The molecule has 0 spiro atoms. The predicted molar refractivity (Wildman–Crippen MR) is 96.1 cm³/mol. The Labute approximate surface area is 149 Å². The van der Waals surface area contributed by atoms with E-state index in [9.17, 15) is 14.7 Å². The topological polar surface area (TPSA) is 78.4 Å². The molecule has 1 fully saturated rings. The average molecular weight is 344 g/mol. The number of hydrogen-bond acceptors (Lipinski definition) is 3. The van der Waals surface area contributed by atoms with Gasteiger partial charge < -0.3 is 15.7 Å². The van der Waals surface area contributed by atoms with Crippen molar-refractivity contribution < 1.29 is 14.7 Å². The van der Waals surface area contributed by atoms with Crippen LogP contribution >= 0.6 is 0 Å². The van der Waals surface area contributed by atoms with Crippen molar-refractivity contribution in [1.29, 1.82) is 0 Å². The van der Waals surface area contributed by atoms with E-state index in [2.05, 4.69) is 16.7 Å². The van der Waals surface area contributed by atoms with E-state index in [1.54, 1.807) is 0 Å². The second-order valence-electron chi connectivity index (χ2n) is 7.51. The van der Waals surface area contributed by atoms with Gasteiger partial charge in [-0.15, -0.1) is 0 Å². The molecule has 0 heterocycles. The van der Waals surface area contributed by atoms with Crippen LogP contribution in [0.2, 0.25) is 0 Å². The van der Waals surface area contributed by atoms with Crippen molar-refractivity contribution in [2.45, 2.75) is 69.4 Å². The van der Waals surface area contributed by atoms with Gasteiger partial charge in [-0.3, -0.25) is 9.59 Å². The van der Waals surface area contributed by atoms with Crippen molar-refractivity contribution in [2.75, 3.05) is 6.54 Å². The number of aliphatic hydroxyl groups is 1. The number of aryl methyl sites for hydroxylation is 1. The van der Waals surface area contributed by atoms with Crippen molar-refractivity contribution in [3.8, 4) is 0 Å². The Bertz CT molecular complexity index is 623. The zero-order chi connectivity index (χ0) is 17.7. The Morgan fingerprint density at radius 2 is 1.72 bits per heavy atom. The molecule has 3 rings (SSSR count). The molecular formula is C20H28N2O3. The fraction of sp³-hybridized carbons (Fsp3) is 0.600. The number of benzene rings is 1. The van der Waals surface area contributed by atoms with Gasteiger partial charge in [-0.05, 0) is 36.8 Å². The lowest BCUT2D eigenvalue weighted by molar-refractivity contribution is -0.140. The van der Waals surface area contributed by atoms with Crippen LogP contribution in [0.3, 0.4) is 0 Å². The van der Waals surface area contributed by atoms with Gasteiger partial charge in [0.05, 0.1) is 5.60 Å². The van der Waals surface area contributed by atoms with Crippen molar-refractivity contribution in [3.05, 3.63) is 35.4 Å². The molecule has 2 aliphatic rings. The Morgan fingerprint density at radius 1 is 1.04 bits per heavy atom. The molecule has 136 valence electrons. The van der Waals surface area contributed by atoms with Gasteiger partial charge in [-0.2, -0.15) is 0 Å². The molecular weight excluding hydrogens is 316 g/mol. The Balaban J connectivity index is 1.49. The summed E-state index contributed by atoms with van der Waals surface area (Å²) >= 11 is 0. The molecule has 0 bridgehead atoms. The molecule has 2 aliphatic carbocycles. The van der Waals surface area contributed by atoms with Crippen LogP contribution in [0, 0.1) is 0 Å². The number of nitrogens with one attached hydrogen (secondary N) is 2. The maximum absolute atomic E-state index is 12.1. The predicted octanol–water partition coefficient (Wildman–Crippen LogP) is 1.86. The molecule has 3 N–H and O–H groups in total. The van der Waals surface area contributed by atoms with Gasteiger partial charge in [0.1, 0.15) is 0 Å². The number of carbonyl (C=O) groups is 2. The van der Waals surface area contributed by atoms with Gasteiger partial charge in [-0.25, -0.2) is 0 Å². The highest BCUT2D eigenvalue weighted by Gasteiger charge is 2.33. The summed E-state index contributed by atoms with van der Waals surface area (Å²) in [5.74, 6) is -1.22. The first-order valence-electron chi connectivity index (χ1n) is 9.44.